The van der Waals surface area contributed by atoms with E-state index >= 15 is 0 Å². The summed E-state index contributed by atoms with van der Waals surface area (Å²) >= 11 is 0. The van der Waals surface area contributed by atoms with Crippen LogP contribution in [-0.4, -0.2) is 34.2 Å². The molecule has 1 N–H and O–H groups in total. The predicted octanol–water partition coefficient (Wildman–Crippen LogP) is 3.22. The second kappa shape index (κ2) is 7.03. The van der Waals surface area contributed by atoms with E-state index < -0.39 is 0 Å². The predicted molar refractivity (Wildman–Crippen MR) is 81.6 cm³/mol. The molecule has 5 heteroatoms. The van der Waals surface area contributed by atoms with Crippen molar-refractivity contribution in [1.82, 2.24) is 9.88 Å². The topological polar surface area (TPSA) is 49.5 Å². The molecule has 1 fully saturated rings. The highest BCUT2D eigenvalue weighted by molar-refractivity contribution is 5.52. The largest absolute Gasteiger partial charge is 0.444 e. The van der Waals surface area contributed by atoms with Gasteiger partial charge in [0.05, 0.1) is 5.69 Å². The summed E-state index contributed by atoms with van der Waals surface area (Å²) in [6.45, 7) is 2.05. The van der Waals surface area contributed by atoms with Crippen LogP contribution in [0.4, 0.5) is 4.39 Å². The summed E-state index contributed by atoms with van der Waals surface area (Å²) in [7, 11) is 0. The van der Waals surface area contributed by atoms with Crippen molar-refractivity contribution in [1.29, 1.82) is 0 Å². The quantitative estimate of drug-likeness (QED) is 0.890. The maximum atomic E-state index is 13.3. The molecule has 2 heterocycles. The van der Waals surface area contributed by atoms with Gasteiger partial charge < -0.3 is 9.52 Å². The van der Waals surface area contributed by atoms with Gasteiger partial charge in [0.2, 0.25) is 5.89 Å². The number of nitrogens with zero attached hydrogens (tertiary/aromatic N) is 2. The SMILES string of the molecule is OCCCC1CCCN1Cc1coc(-c2cccc(F)c2)n1. The van der Waals surface area contributed by atoms with Crippen LogP contribution >= 0.6 is 0 Å². The molecular weight excluding hydrogens is 283 g/mol. The fourth-order valence-corrected chi connectivity index (χ4v) is 3.10. The van der Waals surface area contributed by atoms with E-state index in [2.05, 4.69) is 9.88 Å². The zero-order valence-electron chi connectivity index (χ0n) is 12.5. The van der Waals surface area contributed by atoms with Crippen molar-refractivity contribution in [2.24, 2.45) is 0 Å². The zero-order valence-corrected chi connectivity index (χ0v) is 12.5. The van der Waals surface area contributed by atoms with Gasteiger partial charge in [-0.15, -0.1) is 0 Å². The number of aromatic nitrogens is 1. The number of likely N-dealkylation sites (tertiary alicyclic amines) is 1. The number of aliphatic hydroxyl groups is 1. The molecule has 3 rings (SSSR count). The van der Waals surface area contributed by atoms with Gasteiger partial charge in [-0.1, -0.05) is 6.07 Å². The van der Waals surface area contributed by atoms with E-state index in [1.54, 1.807) is 18.4 Å². The lowest BCUT2D eigenvalue weighted by atomic mass is 10.1. The lowest BCUT2D eigenvalue weighted by molar-refractivity contribution is 0.208. The van der Waals surface area contributed by atoms with Crippen LogP contribution in [-0.2, 0) is 6.54 Å². The van der Waals surface area contributed by atoms with E-state index in [1.165, 1.54) is 25.0 Å². The summed E-state index contributed by atoms with van der Waals surface area (Å²) in [6.07, 6.45) is 5.88. The van der Waals surface area contributed by atoms with Crippen LogP contribution in [0, 0.1) is 5.82 Å². The lowest BCUT2D eigenvalue weighted by Crippen LogP contribution is -2.29. The average molecular weight is 304 g/mol. The monoisotopic (exact) mass is 304 g/mol. The molecule has 1 atom stereocenters. The van der Waals surface area contributed by atoms with E-state index in [9.17, 15) is 4.39 Å². The first-order chi connectivity index (χ1) is 10.8. The van der Waals surface area contributed by atoms with Crippen molar-refractivity contribution in [2.75, 3.05) is 13.2 Å². The number of rotatable bonds is 6. The Kier molecular flexibility index (Phi) is 4.85. The minimum absolute atomic E-state index is 0.248. The lowest BCUT2D eigenvalue weighted by Gasteiger charge is -2.22. The van der Waals surface area contributed by atoms with Gasteiger partial charge in [-0.05, 0) is 50.4 Å². The Hall–Kier alpha value is -1.72. The molecule has 0 amide bonds. The number of hydrogen-bond donors (Lipinski definition) is 1. The molecular formula is C17H21FN2O2. The van der Waals surface area contributed by atoms with Crippen LogP contribution in [0.3, 0.4) is 0 Å². The third kappa shape index (κ3) is 3.54. The molecule has 1 aliphatic heterocycles. The number of aliphatic hydroxyl groups excluding tert-OH is 1. The maximum Gasteiger partial charge on any atom is 0.226 e. The van der Waals surface area contributed by atoms with Crippen molar-refractivity contribution in [3.63, 3.8) is 0 Å². The summed E-state index contributed by atoms with van der Waals surface area (Å²) in [5.41, 5.74) is 1.53. The first-order valence-corrected chi connectivity index (χ1v) is 7.81. The van der Waals surface area contributed by atoms with E-state index in [0.717, 1.165) is 31.6 Å². The van der Waals surface area contributed by atoms with E-state index in [-0.39, 0.29) is 12.4 Å². The Morgan fingerprint density at radius 2 is 2.32 bits per heavy atom. The zero-order chi connectivity index (χ0) is 15.4. The molecule has 22 heavy (non-hydrogen) atoms. The highest BCUT2D eigenvalue weighted by Gasteiger charge is 2.24. The number of benzene rings is 1. The van der Waals surface area contributed by atoms with Crippen molar-refractivity contribution >= 4 is 0 Å². The Morgan fingerprint density at radius 3 is 3.14 bits per heavy atom. The summed E-state index contributed by atoms with van der Waals surface area (Å²) < 4.78 is 18.7. The fourth-order valence-electron chi connectivity index (χ4n) is 3.10. The molecule has 1 unspecified atom stereocenters. The molecule has 1 saturated heterocycles. The minimum atomic E-state index is -0.291. The molecule has 1 aliphatic rings. The number of hydrogen-bond acceptors (Lipinski definition) is 4. The summed E-state index contributed by atoms with van der Waals surface area (Å²) in [4.78, 5) is 6.87. The standard InChI is InChI=1S/C17H21FN2O2/c18-14-5-1-4-13(10-14)17-19-15(12-22-17)11-20-8-2-6-16(20)7-3-9-21/h1,4-5,10,12,16,21H,2-3,6-9,11H2. The van der Waals surface area contributed by atoms with Gasteiger partial charge in [0.1, 0.15) is 12.1 Å². The number of halogens is 1. The van der Waals surface area contributed by atoms with Crippen molar-refractivity contribution in [3.05, 3.63) is 42.0 Å². The van der Waals surface area contributed by atoms with Crippen LogP contribution in [0.15, 0.2) is 34.9 Å². The molecule has 0 saturated carbocycles. The van der Waals surface area contributed by atoms with Crippen LogP contribution < -0.4 is 0 Å². The van der Waals surface area contributed by atoms with Gasteiger partial charge in [0.15, 0.2) is 0 Å². The highest BCUT2D eigenvalue weighted by atomic mass is 19.1. The third-order valence-corrected chi connectivity index (χ3v) is 4.18. The molecule has 1 aromatic heterocycles. The molecule has 0 aliphatic carbocycles. The maximum absolute atomic E-state index is 13.3. The summed E-state index contributed by atoms with van der Waals surface area (Å²) in [5.74, 6) is 0.168. The Bertz CT molecular complexity index is 614. The van der Waals surface area contributed by atoms with Gasteiger partial charge in [0, 0.05) is 24.8 Å². The van der Waals surface area contributed by atoms with E-state index in [4.69, 9.17) is 9.52 Å². The van der Waals surface area contributed by atoms with Crippen LogP contribution in [0.5, 0.6) is 0 Å². The Morgan fingerprint density at radius 1 is 1.41 bits per heavy atom. The first-order valence-electron chi connectivity index (χ1n) is 7.81. The minimum Gasteiger partial charge on any atom is -0.444 e. The van der Waals surface area contributed by atoms with Crippen molar-refractivity contribution in [3.8, 4) is 11.5 Å². The Balaban J connectivity index is 1.66. The average Bonchev–Trinajstić information content (AvgIpc) is 3.15. The van der Waals surface area contributed by atoms with Gasteiger partial charge in [-0.2, -0.15) is 0 Å². The third-order valence-electron chi connectivity index (χ3n) is 4.18. The molecule has 1 aromatic carbocycles. The van der Waals surface area contributed by atoms with Gasteiger partial charge in [-0.25, -0.2) is 9.37 Å². The van der Waals surface area contributed by atoms with Crippen molar-refractivity contribution in [2.45, 2.75) is 38.3 Å². The second-order valence-corrected chi connectivity index (χ2v) is 5.79. The summed E-state index contributed by atoms with van der Waals surface area (Å²) in [5, 5.41) is 8.98. The first kappa shape index (κ1) is 15.2. The van der Waals surface area contributed by atoms with Gasteiger partial charge in [-0.3, -0.25) is 4.90 Å². The molecule has 0 bridgehead atoms. The van der Waals surface area contributed by atoms with Crippen LogP contribution in [0.2, 0.25) is 0 Å². The smallest absolute Gasteiger partial charge is 0.226 e. The molecule has 4 nitrogen and oxygen atoms in total. The fraction of sp³-hybridized carbons (Fsp3) is 0.471. The molecule has 0 radical (unpaired) electrons. The molecule has 0 spiro atoms. The Labute approximate surface area is 129 Å². The number of oxazole rings is 1. The second-order valence-electron chi connectivity index (χ2n) is 5.79. The van der Waals surface area contributed by atoms with Gasteiger partial charge in [0.25, 0.3) is 0 Å². The van der Waals surface area contributed by atoms with Crippen LogP contribution in [0.25, 0.3) is 11.5 Å². The van der Waals surface area contributed by atoms with Crippen LogP contribution in [0.1, 0.15) is 31.4 Å². The van der Waals surface area contributed by atoms with Gasteiger partial charge >= 0.3 is 0 Å². The van der Waals surface area contributed by atoms with E-state index in [1.807, 2.05) is 0 Å². The normalized spacial score (nSPS) is 18.9. The van der Waals surface area contributed by atoms with Crippen molar-refractivity contribution < 1.29 is 13.9 Å². The molecule has 2 aromatic rings. The highest BCUT2D eigenvalue weighted by Crippen LogP contribution is 2.25. The van der Waals surface area contributed by atoms with E-state index in [0.29, 0.717) is 17.5 Å². The molecule has 118 valence electrons. The summed E-state index contributed by atoms with van der Waals surface area (Å²) in [6, 6.07) is 6.79.